The first-order valence-corrected chi connectivity index (χ1v) is 3.09. The fourth-order valence-corrected chi connectivity index (χ4v) is 0.803. The maximum atomic E-state index is 10.8. The lowest BCUT2D eigenvalue weighted by atomic mass is 10.4. The van der Waals surface area contributed by atoms with E-state index in [-0.39, 0.29) is 16.7 Å². The van der Waals surface area contributed by atoms with Gasteiger partial charge in [0.05, 0.1) is 7.11 Å². The van der Waals surface area contributed by atoms with E-state index in [1.165, 1.54) is 7.11 Å². The third-order valence-electron chi connectivity index (χ3n) is 1.06. The molecular formula is C6H5ClO4. The smallest absolute Gasteiger partial charge is 0.383 e. The van der Waals surface area contributed by atoms with Crippen LogP contribution in [0.4, 0.5) is 0 Å². The number of rotatable bonds is 1. The molecule has 1 heterocycles. The van der Waals surface area contributed by atoms with E-state index >= 15 is 0 Å². The molecule has 0 spiro atoms. The zero-order valence-corrected chi connectivity index (χ0v) is 6.38. The first-order chi connectivity index (χ1) is 5.15. The van der Waals surface area contributed by atoms with E-state index in [9.17, 15) is 4.79 Å². The first kappa shape index (κ1) is 7.94. The van der Waals surface area contributed by atoms with Crippen LogP contribution in [-0.4, -0.2) is 12.2 Å². The summed E-state index contributed by atoms with van der Waals surface area (Å²) in [4.78, 5) is 10.8. The van der Waals surface area contributed by atoms with Crippen LogP contribution in [0.1, 0.15) is 0 Å². The molecule has 0 saturated heterocycles. The number of halogens is 1. The third-order valence-corrected chi connectivity index (χ3v) is 1.25. The predicted molar refractivity (Wildman–Crippen MR) is 38.2 cm³/mol. The molecule has 0 aliphatic rings. The SMILES string of the molecule is COc1c(O)cc(Cl)oc1=O. The molecule has 0 aliphatic carbocycles. The summed E-state index contributed by atoms with van der Waals surface area (Å²) in [6.45, 7) is 0. The highest BCUT2D eigenvalue weighted by Crippen LogP contribution is 2.23. The van der Waals surface area contributed by atoms with Crippen LogP contribution in [0.3, 0.4) is 0 Å². The molecule has 0 amide bonds. The Bertz CT molecular complexity index is 317. The van der Waals surface area contributed by atoms with Gasteiger partial charge in [0.25, 0.3) is 0 Å². The monoisotopic (exact) mass is 176 g/mol. The van der Waals surface area contributed by atoms with Crippen LogP contribution in [0.2, 0.25) is 5.22 Å². The number of aromatic hydroxyl groups is 1. The van der Waals surface area contributed by atoms with Gasteiger partial charge in [0, 0.05) is 6.07 Å². The van der Waals surface area contributed by atoms with Crippen molar-refractivity contribution in [2.24, 2.45) is 0 Å². The summed E-state index contributed by atoms with van der Waals surface area (Å²) in [5.74, 6) is -0.567. The topological polar surface area (TPSA) is 59.7 Å². The van der Waals surface area contributed by atoms with Crippen LogP contribution in [-0.2, 0) is 0 Å². The summed E-state index contributed by atoms with van der Waals surface area (Å²) in [6, 6.07) is 1.09. The van der Waals surface area contributed by atoms with E-state index in [0.29, 0.717) is 0 Å². The molecule has 11 heavy (non-hydrogen) atoms. The molecule has 1 aromatic rings. The van der Waals surface area contributed by atoms with Gasteiger partial charge in [-0.1, -0.05) is 0 Å². The minimum atomic E-state index is -0.794. The van der Waals surface area contributed by atoms with Crippen molar-refractivity contribution in [2.45, 2.75) is 0 Å². The van der Waals surface area contributed by atoms with Gasteiger partial charge in [-0.2, -0.15) is 0 Å². The quantitative estimate of drug-likeness (QED) is 0.694. The third kappa shape index (κ3) is 1.46. The second-order valence-electron chi connectivity index (χ2n) is 1.76. The van der Waals surface area contributed by atoms with Gasteiger partial charge in [-0.15, -0.1) is 0 Å². The zero-order chi connectivity index (χ0) is 8.43. The molecule has 1 rings (SSSR count). The van der Waals surface area contributed by atoms with Crippen molar-refractivity contribution in [3.63, 3.8) is 0 Å². The predicted octanol–water partition coefficient (Wildman–Crippen LogP) is 1.01. The van der Waals surface area contributed by atoms with Crippen LogP contribution >= 0.6 is 11.6 Å². The Kier molecular flexibility index (Phi) is 2.05. The normalized spacial score (nSPS) is 9.64. The van der Waals surface area contributed by atoms with Crippen molar-refractivity contribution in [3.8, 4) is 11.5 Å². The second kappa shape index (κ2) is 2.84. The van der Waals surface area contributed by atoms with E-state index in [2.05, 4.69) is 9.15 Å². The largest absolute Gasteiger partial charge is 0.504 e. The Labute approximate surface area is 67.0 Å². The van der Waals surface area contributed by atoms with E-state index in [1.807, 2.05) is 0 Å². The summed E-state index contributed by atoms with van der Waals surface area (Å²) < 4.78 is 8.92. The minimum absolute atomic E-state index is 0.173. The molecule has 1 N–H and O–H groups in total. The summed E-state index contributed by atoms with van der Waals surface area (Å²) in [5, 5.41) is 8.83. The molecule has 0 unspecified atom stereocenters. The Morgan fingerprint density at radius 2 is 2.36 bits per heavy atom. The summed E-state index contributed by atoms with van der Waals surface area (Å²) in [7, 11) is 1.25. The maximum absolute atomic E-state index is 10.8. The van der Waals surface area contributed by atoms with Crippen LogP contribution in [0.15, 0.2) is 15.3 Å². The molecule has 0 radical (unpaired) electrons. The van der Waals surface area contributed by atoms with Crippen molar-refractivity contribution < 1.29 is 14.3 Å². The molecule has 5 heteroatoms. The fourth-order valence-electron chi connectivity index (χ4n) is 0.630. The molecule has 1 aromatic heterocycles. The van der Waals surface area contributed by atoms with Crippen molar-refractivity contribution in [3.05, 3.63) is 21.7 Å². The van der Waals surface area contributed by atoms with Crippen molar-refractivity contribution in [2.75, 3.05) is 7.11 Å². The van der Waals surface area contributed by atoms with Gasteiger partial charge < -0.3 is 14.3 Å². The number of ether oxygens (including phenoxy) is 1. The molecule has 0 bridgehead atoms. The molecule has 0 aliphatic heterocycles. The van der Waals surface area contributed by atoms with Gasteiger partial charge in [0.2, 0.25) is 11.0 Å². The number of hydrogen-bond donors (Lipinski definition) is 1. The van der Waals surface area contributed by atoms with Gasteiger partial charge in [0.15, 0.2) is 5.75 Å². The van der Waals surface area contributed by atoms with Gasteiger partial charge in [-0.3, -0.25) is 0 Å². The second-order valence-corrected chi connectivity index (χ2v) is 2.13. The number of hydrogen-bond acceptors (Lipinski definition) is 4. The zero-order valence-electron chi connectivity index (χ0n) is 5.63. The van der Waals surface area contributed by atoms with Crippen molar-refractivity contribution in [1.82, 2.24) is 0 Å². The fraction of sp³-hybridized carbons (Fsp3) is 0.167. The van der Waals surface area contributed by atoms with E-state index < -0.39 is 5.63 Å². The maximum Gasteiger partial charge on any atom is 0.383 e. The van der Waals surface area contributed by atoms with Crippen LogP contribution in [0.5, 0.6) is 11.5 Å². The minimum Gasteiger partial charge on any atom is -0.504 e. The van der Waals surface area contributed by atoms with E-state index in [4.69, 9.17) is 16.7 Å². The summed E-state index contributed by atoms with van der Waals surface area (Å²) >= 11 is 5.30. The lowest BCUT2D eigenvalue weighted by Gasteiger charge is -1.99. The van der Waals surface area contributed by atoms with Crippen LogP contribution in [0.25, 0.3) is 0 Å². The molecular weight excluding hydrogens is 172 g/mol. The first-order valence-electron chi connectivity index (χ1n) is 2.71. The average Bonchev–Trinajstić information content (AvgIpc) is 1.85. The van der Waals surface area contributed by atoms with Crippen LogP contribution in [0, 0.1) is 0 Å². The van der Waals surface area contributed by atoms with Gasteiger partial charge in [-0.05, 0) is 11.6 Å². The van der Waals surface area contributed by atoms with E-state index in [0.717, 1.165) is 6.07 Å². The molecule has 60 valence electrons. The van der Waals surface area contributed by atoms with Crippen molar-refractivity contribution >= 4 is 11.6 Å². The Hall–Kier alpha value is -1.16. The van der Waals surface area contributed by atoms with E-state index in [1.54, 1.807) is 0 Å². The lowest BCUT2D eigenvalue weighted by molar-refractivity contribution is 0.341. The molecule has 0 fully saturated rings. The molecule has 0 aromatic carbocycles. The van der Waals surface area contributed by atoms with Crippen LogP contribution < -0.4 is 10.4 Å². The van der Waals surface area contributed by atoms with Gasteiger partial charge >= 0.3 is 5.63 Å². The Morgan fingerprint density at radius 3 is 2.82 bits per heavy atom. The summed E-state index contributed by atoms with van der Waals surface area (Å²) in [6.07, 6.45) is 0. The highest BCUT2D eigenvalue weighted by Gasteiger charge is 2.09. The van der Waals surface area contributed by atoms with Gasteiger partial charge in [0.1, 0.15) is 0 Å². The molecule has 0 saturated carbocycles. The Morgan fingerprint density at radius 1 is 1.73 bits per heavy atom. The standard InChI is InChI=1S/C6H5ClO4/c1-10-5-3(8)2-4(7)11-6(5)9/h2,8H,1H3. The molecule has 0 atom stereocenters. The number of methoxy groups -OCH3 is 1. The highest BCUT2D eigenvalue weighted by molar-refractivity contribution is 6.28. The van der Waals surface area contributed by atoms with Gasteiger partial charge in [-0.25, -0.2) is 4.79 Å². The molecule has 4 nitrogen and oxygen atoms in total. The summed E-state index contributed by atoms with van der Waals surface area (Å²) in [5.41, 5.74) is -0.794. The average molecular weight is 177 g/mol. The Balaban J connectivity index is 3.37. The van der Waals surface area contributed by atoms with Crippen molar-refractivity contribution in [1.29, 1.82) is 0 Å². The highest BCUT2D eigenvalue weighted by atomic mass is 35.5. The lowest BCUT2D eigenvalue weighted by Crippen LogP contribution is -2.03.